The molecule has 0 spiro atoms. The largest absolute Gasteiger partial charge is 0.0882 e. The molecule has 0 bridgehead atoms. The second-order valence-corrected chi connectivity index (χ2v) is 7.78. The molecule has 0 heterocycles. The maximum Gasteiger partial charge on any atom is 0.0268 e. The van der Waals surface area contributed by atoms with Gasteiger partial charge >= 0.3 is 0 Å². The Morgan fingerprint density at radius 3 is 1.53 bits per heavy atom. The highest BCUT2D eigenvalue weighted by Crippen LogP contribution is 2.20. The minimum absolute atomic E-state index is 0.598. The third kappa shape index (κ3) is 13.2. The lowest BCUT2D eigenvalue weighted by Crippen LogP contribution is -2.08. The van der Waals surface area contributed by atoms with Crippen LogP contribution in [-0.2, 0) is 0 Å². The third-order valence-electron chi connectivity index (χ3n) is 3.33. The zero-order chi connectivity index (χ0) is 12.9. The first kappa shape index (κ1) is 18.0. The predicted octanol–water partition coefficient (Wildman–Crippen LogP) is 6.84. The Balaban J connectivity index is 3.03. The molecule has 0 amide bonds. The number of rotatable bonds is 12. The predicted molar refractivity (Wildman–Crippen MR) is 87.6 cm³/mol. The standard InChI is InChI=1S/C15H30Br2/c1-3-4-5-6-7-8-9-10-11-12-13-15(17)14(2)16/h14-15H,3-13H2,1-2H3/t14-,15-/m0/s1. The summed E-state index contributed by atoms with van der Waals surface area (Å²) in [6.07, 6.45) is 15.6. The van der Waals surface area contributed by atoms with Crippen molar-refractivity contribution in [2.75, 3.05) is 0 Å². The second-order valence-electron chi connectivity index (χ2n) is 5.16. The Morgan fingerprint density at radius 1 is 0.706 bits per heavy atom. The summed E-state index contributed by atoms with van der Waals surface area (Å²) < 4.78 is 0. The fourth-order valence-corrected chi connectivity index (χ4v) is 2.64. The first-order valence-corrected chi connectivity index (χ1v) is 9.29. The van der Waals surface area contributed by atoms with Crippen LogP contribution in [0.4, 0.5) is 0 Å². The first-order chi connectivity index (χ1) is 8.18. The summed E-state index contributed by atoms with van der Waals surface area (Å²) in [5.41, 5.74) is 0. The van der Waals surface area contributed by atoms with Crippen molar-refractivity contribution in [3.63, 3.8) is 0 Å². The van der Waals surface area contributed by atoms with Crippen molar-refractivity contribution in [3.05, 3.63) is 0 Å². The number of alkyl halides is 2. The maximum absolute atomic E-state index is 3.71. The highest BCUT2D eigenvalue weighted by atomic mass is 79.9. The van der Waals surface area contributed by atoms with Crippen LogP contribution in [0.2, 0.25) is 0 Å². The molecule has 0 aliphatic rings. The van der Waals surface area contributed by atoms with E-state index in [1.165, 1.54) is 70.6 Å². The molecule has 2 heteroatoms. The number of unbranched alkanes of at least 4 members (excludes halogenated alkanes) is 9. The van der Waals surface area contributed by atoms with Gasteiger partial charge < -0.3 is 0 Å². The van der Waals surface area contributed by atoms with Gasteiger partial charge in [-0.05, 0) is 6.42 Å². The molecule has 0 nitrogen and oxygen atoms in total. The van der Waals surface area contributed by atoms with E-state index in [4.69, 9.17) is 0 Å². The molecule has 0 unspecified atom stereocenters. The van der Waals surface area contributed by atoms with Gasteiger partial charge in [-0.3, -0.25) is 0 Å². The second kappa shape index (κ2) is 13.4. The Hall–Kier alpha value is 0.960. The quantitative estimate of drug-likeness (QED) is 0.260. The van der Waals surface area contributed by atoms with E-state index in [0.717, 1.165) is 0 Å². The number of hydrogen-bond acceptors (Lipinski definition) is 0. The summed E-state index contributed by atoms with van der Waals surface area (Å²) in [7, 11) is 0. The molecule has 0 aromatic heterocycles. The molecule has 0 aliphatic heterocycles. The van der Waals surface area contributed by atoms with E-state index in [0.29, 0.717) is 9.65 Å². The fourth-order valence-electron chi connectivity index (χ4n) is 2.06. The summed E-state index contributed by atoms with van der Waals surface area (Å²) in [5, 5.41) is 0. The van der Waals surface area contributed by atoms with E-state index in [9.17, 15) is 0 Å². The Bertz CT molecular complexity index is 146. The van der Waals surface area contributed by atoms with Crippen LogP contribution in [-0.4, -0.2) is 9.65 Å². The van der Waals surface area contributed by atoms with E-state index in [1.807, 2.05) is 0 Å². The van der Waals surface area contributed by atoms with Gasteiger partial charge in [0.05, 0.1) is 0 Å². The van der Waals surface area contributed by atoms with Crippen molar-refractivity contribution in [2.24, 2.45) is 0 Å². The minimum Gasteiger partial charge on any atom is -0.0882 e. The monoisotopic (exact) mass is 368 g/mol. The van der Waals surface area contributed by atoms with Crippen LogP contribution in [0.15, 0.2) is 0 Å². The number of halogens is 2. The Morgan fingerprint density at radius 2 is 1.12 bits per heavy atom. The van der Waals surface area contributed by atoms with Gasteiger partial charge in [0.1, 0.15) is 0 Å². The van der Waals surface area contributed by atoms with Gasteiger partial charge in [0.25, 0.3) is 0 Å². The normalized spacial score (nSPS) is 14.8. The van der Waals surface area contributed by atoms with Gasteiger partial charge in [0.2, 0.25) is 0 Å². The molecule has 0 N–H and O–H groups in total. The first-order valence-electron chi connectivity index (χ1n) is 7.46. The highest BCUT2D eigenvalue weighted by Gasteiger charge is 2.09. The van der Waals surface area contributed by atoms with Crippen molar-refractivity contribution in [3.8, 4) is 0 Å². The SMILES string of the molecule is CCCCCCCCCCCC[C@H](Br)[C@H](C)Br. The van der Waals surface area contributed by atoms with Crippen LogP contribution in [0.25, 0.3) is 0 Å². The van der Waals surface area contributed by atoms with E-state index in [-0.39, 0.29) is 0 Å². The van der Waals surface area contributed by atoms with Gasteiger partial charge in [-0.25, -0.2) is 0 Å². The van der Waals surface area contributed by atoms with Gasteiger partial charge in [0.15, 0.2) is 0 Å². The van der Waals surface area contributed by atoms with Crippen molar-refractivity contribution in [2.45, 2.75) is 94.1 Å². The molecule has 0 rings (SSSR count). The van der Waals surface area contributed by atoms with Gasteiger partial charge in [0, 0.05) is 9.65 Å². The average Bonchev–Trinajstić information content (AvgIpc) is 2.31. The van der Waals surface area contributed by atoms with Crippen molar-refractivity contribution in [1.29, 1.82) is 0 Å². The van der Waals surface area contributed by atoms with Crippen molar-refractivity contribution in [1.82, 2.24) is 0 Å². The van der Waals surface area contributed by atoms with Crippen LogP contribution < -0.4 is 0 Å². The lowest BCUT2D eigenvalue weighted by atomic mass is 10.0. The Labute approximate surface area is 126 Å². The molecule has 0 saturated heterocycles. The third-order valence-corrected chi connectivity index (χ3v) is 5.93. The molecular weight excluding hydrogens is 340 g/mol. The van der Waals surface area contributed by atoms with Gasteiger partial charge in [-0.15, -0.1) is 0 Å². The highest BCUT2D eigenvalue weighted by molar-refractivity contribution is 9.12. The van der Waals surface area contributed by atoms with Crippen LogP contribution >= 0.6 is 31.9 Å². The van der Waals surface area contributed by atoms with Crippen LogP contribution in [0, 0.1) is 0 Å². The van der Waals surface area contributed by atoms with Crippen LogP contribution in [0.5, 0.6) is 0 Å². The molecule has 0 saturated carbocycles. The van der Waals surface area contributed by atoms with Gasteiger partial charge in [-0.1, -0.05) is 110 Å². The number of hydrogen-bond donors (Lipinski definition) is 0. The summed E-state index contributed by atoms with van der Waals surface area (Å²) >= 11 is 7.33. The average molecular weight is 370 g/mol. The van der Waals surface area contributed by atoms with Gasteiger partial charge in [-0.2, -0.15) is 0 Å². The molecule has 0 radical (unpaired) electrons. The summed E-state index contributed by atoms with van der Waals surface area (Å²) in [5.74, 6) is 0. The van der Waals surface area contributed by atoms with Crippen LogP contribution in [0.1, 0.15) is 84.5 Å². The minimum atomic E-state index is 0.598. The van der Waals surface area contributed by atoms with E-state index >= 15 is 0 Å². The van der Waals surface area contributed by atoms with E-state index < -0.39 is 0 Å². The topological polar surface area (TPSA) is 0 Å². The molecule has 17 heavy (non-hydrogen) atoms. The maximum atomic E-state index is 3.71. The smallest absolute Gasteiger partial charge is 0.0268 e. The fraction of sp³-hybridized carbons (Fsp3) is 1.00. The van der Waals surface area contributed by atoms with E-state index in [1.54, 1.807) is 0 Å². The molecule has 2 atom stereocenters. The van der Waals surface area contributed by atoms with Crippen LogP contribution in [0.3, 0.4) is 0 Å². The van der Waals surface area contributed by atoms with Crippen molar-refractivity contribution < 1.29 is 0 Å². The summed E-state index contributed by atoms with van der Waals surface area (Å²) in [6, 6.07) is 0. The molecule has 0 aliphatic carbocycles. The zero-order valence-electron chi connectivity index (χ0n) is 11.7. The Kier molecular flexibility index (Phi) is 14.1. The molecular formula is C15H30Br2. The molecule has 0 aromatic carbocycles. The lowest BCUT2D eigenvalue weighted by molar-refractivity contribution is 0.547. The van der Waals surface area contributed by atoms with Crippen molar-refractivity contribution >= 4 is 31.9 Å². The lowest BCUT2D eigenvalue weighted by Gasteiger charge is -2.11. The molecule has 0 fully saturated rings. The summed E-state index contributed by atoms with van der Waals surface area (Å²) in [6.45, 7) is 4.50. The molecule has 104 valence electrons. The van der Waals surface area contributed by atoms with E-state index in [2.05, 4.69) is 45.7 Å². The zero-order valence-corrected chi connectivity index (χ0v) is 14.9. The molecule has 0 aromatic rings. The summed E-state index contributed by atoms with van der Waals surface area (Å²) in [4.78, 5) is 1.25.